The summed E-state index contributed by atoms with van der Waals surface area (Å²) in [4.78, 5) is 57.0. The fourth-order valence-corrected chi connectivity index (χ4v) is 8.33. The number of amides is 3. The van der Waals surface area contributed by atoms with Gasteiger partial charge in [-0.1, -0.05) is 41.3 Å². The van der Waals surface area contributed by atoms with Crippen molar-refractivity contribution in [1.82, 2.24) is 4.57 Å². The van der Waals surface area contributed by atoms with E-state index < -0.39 is 63.8 Å². The highest BCUT2D eigenvalue weighted by Gasteiger charge is 2.56. The largest absolute Gasteiger partial charge is 0.416 e. The molecule has 1 N–H and O–H groups in total. The third-order valence-electron chi connectivity index (χ3n) is 7.68. The molecule has 2 aliphatic rings. The average molecular weight is 657 g/mol. The van der Waals surface area contributed by atoms with Gasteiger partial charge in [0.25, 0.3) is 0 Å². The lowest BCUT2D eigenvalue weighted by Gasteiger charge is -2.31. The number of carbonyl (C=O) groups is 3. The van der Waals surface area contributed by atoms with Gasteiger partial charge in [-0.3, -0.25) is 23.7 Å². The fraction of sp³-hybridized carbons (Fsp3) is 0.226. The van der Waals surface area contributed by atoms with Crippen LogP contribution in [-0.4, -0.2) is 41.6 Å². The van der Waals surface area contributed by atoms with Gasteiger partial charge in [0, 0.05) is 36.3 Å². The van der Waals surface area contributed by atoms with Gasteiger partial charge in [-0.15, -0.1) is 0 Å². The molecule has 232 valence electrons. The monoisotopic (exact) mass is 656 g/mol. The Morgan fingerprint density at radius 1 is 0.956 bits per heavy atom. The minimum atomic E-state index is -4.61. The SMILES string of the molecule is CN(C)c1ccc(C2c3sc(=O)n(CC(=O)Nc4cccc(C(F)(F)F)c4)c3SC3C(=O)N(c4ccc(F)cc4)C(=O)C32)cc1. The smallest absolute Gasteiger partial charge is 0.378 e. The summed E-state index contributed by atoms with van der Waals surface area (Å²) in [6.45, 7) is -0.526. The first kappa shape index (κ1) is 30.6. The van der Waals surface area contributed by atoms with E-state index in [1.807, 2.05) is 43.3 Å². The summed E-state index contributed by atoms with van der Waals surface area (Å²) in [6.07, 6.45) is -4.61. The average Bonchev–Trinajstić information content (AvgIpc) is 3.43. The second-order valence-corrected chi connectivity index (χ2v) is 12.9. The van der Waals surface area contributed by atoms with E-state index in [-0.39, 0.29) is 11.4 Å². The zero-order valence-electron chi connectivity index (χ0n) is 23.7. The molecular formula is C31H24F4N4O4S2. The molecule has 3 aromatic carbocycles. The number of imide groups is 1. The van der Waals surface area contributed by atoms with E-state index in [4.69, 9.17) is 0 Å². The molecule has 14 heteroatoms. The van der Waals surface area contributed by atoms with Gasteiger partial charge < -0.3 is 10.2 Å². The van der Waals surface area contributed by atoms with Crippen LogP contribution in [0.2, 0.25) is 0 Å². The van der Waals surface area contributed by atoms with Crippen LogP contribution < -0.4 is 20.0 Å². The van der Waals surface area contributed by atoms with Gasteiger partial charge in [0.05, 0.1) is 22.2 Å². The van der Waals surface area contributed by atoms with Crippen LogP contribution in [-0.2, 0) is 27.1 Å². The van der Waals surface area contributed by atoms with Crippen molar-refractivity contribution >= 4 is 57.9 Å². The normalized spacial score (nSPS) is 19.3. The van der Waals surface area contributed by atoms with Crippen LogP contribution in [0.15, 0.2) is 82.6 Å². The molecule has 0 bridgehead atoms. The first-order valence-electron chi connectivity index (χ1n) is 13.6. The maximum absolute atomic E-state index is 13.9. The van der Waals surface area contributed by atoms with E-state index in [0.29, 0.717) is 15.5 Å². The van der Waals surface area contributed by atoms with Gasteiger partial charge in [0.1, 0.15) is 17.6 Å². The summed E-state index contributed by atoms with van der Waals surface area (Å²) in [5.41, 5.74) is 0.750. The molecule has 0 radical (unpaired) electrons. The van der Waals surface area contributed by atoms with E-state index in [9.17, 15) is 36.7 Å². The number of nitrogens with zero attached hydrogens (tertiary/aromatic N) is 3. The first-order chi connectivity index (χ1) is 21.3. The fourth-order valence-electron chi connectivity index (χ4n) is 5.56. The Morgan fingerprint density at radius 3 is 2.29 bits per heavy atom. The summed E-state index contributed by atoms with van der Waals surface area (Å²) in [7, 11) is 3.74. The molecule has 0 spiro atoms. The molecular weight excluding hydrogens is 632 g/mol. The molecule has 3 atom stereocenters. The lowest BCUT2D eigenvalue weighted by atomic mass is 9.83. The van der Waals surface area contributed by atoms with Gasteiger partial charge in [-0.25, -0.2) is 9.29 Å². The summed E-state index contributed by atoms with van der Waals surface area (Å²) >= 11 is 1.85. The van der Waals surface area contributed by atoms with Gasteiger partial charge in [0.2, 0.25) is 17.7 Å². The van der Waals surface area contributed by atoms with Crippen molar-refractivity contribution in [2.75, 3.05) is 29.2 Å². The van der Waals surface area contributed by atoms with E-state index in [1.165, 1.54) is 22.8 Å². The van der Waals surface area contributed by atoms with Crippen molar-refractivity contribution in [3.63, 3.8) is 0 Å². The second kappa shape index (κ2) is 11.5. The van der Waals surface area contributed by atoms with Crippen molar-refractivity contribution in [2.45, 2.75) is 28.9 Å². The maximum atomic E-state index is 13.9. The molecule has 4 aromatic rings. The predicted octanol–water partition coefficient (Wildman–Crippen LogP) is 5.57. The maximum Gasteiger partial charge on any atom is 0.416 e. The number of halogens is 4. The number of fused-ring (bicyclic) bond motifs is 2. The molecule has 3 unspecified atom stereocenters. The molecule has 0 saturated carbocycles. The number of hydrogen-bond donors (Lipinski definition) is 1. The van der Waals surface area contributed by atoms with Crippen LogP contribution in [0.3, 0.4) is 0 Å². The quantitative estimate of drug-likeness (QED) is 0.216. The molecule has 8 nitrogen and oxygen atoms in total. The summed E-state index contributed by atoms with van der Waals surface area (Å²) in [5.74, 6) is -3.91. The Labute approximate surface area is 262 Å². The number of aromatic nitrogens is 1. The highest BCUT2D eigenvalue weighted by atomic mass is 32.2. The summed E-state index contributed by atoms with van der Waals surface area (Å²) in [5, 5.41) is 1.78. The van der Waals surface area contributed by atoms with Crippen LogP contribution in [0.25, 0.3) is 0 Å². The van der Waals surface area contributed by atoms with Gasteiger partial charge >= 0.3 is 11.0 Å². The number of carbonyl (C=O) groups excluding carboxylic acids is 3. The van der Waals surface area contributed by atoms with Crippen molar-refractivity contribution in [2.24, 2.45) is 5.92 Å². The van der Waals surface area contributed by atoms with Crippen LogP contribution >= 0.6 is 23.1 Å². The Bertz CT molecular complexity index is 1870. The standard InChI is InChI=1S/C31H24F4N4O4S2/c1-37(2)20-10-6-16(7-11-20)23-24-25(28(42)39(27(24)41)21-12-8-18(32)9-13-21)44-29-26(23)45-30(43)38(29)15-22(40)36-19-5-3-4-17(14-19)31(33,34)35/h3-14,23-25H,15H2,1-2H3,(H,36,40). The third kappa shape index (κ3) is 5.63. The van der Waals surface area contributed by atoms with Gasteiger partial charge in [-0.05, 0) is 60.2 Å². The molecule has 1 saturated heterocycles. The van der Waals surface area contributed by atoms with Crippen molar-refractivity contribution < 1.29 is 31.9 Å². The molecule has 2 aliphatic heterocycles. The van der Waals surface area contributed by atoms with E-state index >= 15 is 0 Å². The zero-order chi connectivity index (χ0) is 32.2. The number of nitrogens with one attached hydrogen (secondary N) is 1. The molecule has 1 fully saturated rings. The Kier molecular flexibility index (Phi) is 7.81. The molecule has 3 amide bonds. The van der Waals surface area contributed by atoms with Crippen LogP contribution in [0.1, 0.15) is 21.9 Å². The highest BCUT2D eigenvalue weighted by Crippen LogP contribution is 2.54. The molecule has 1 aromatic heterocycles. The minimum Gasteiger partial charge on any atom is -0.378 e. The third-order valence-corrected chi connectivity index (χ3v) is 10.3. The van der Waals surface area contributed by atoms with Gasteiger partial charge in [-0.2, -0.15) is 13.2 Å². The van der Waals surface area contributed by atoms with E-state index in [0.717, 1.165) is 64.0 Å². The van der Waals surface area contributed by atoms with Crippen molar-refractivity contribution in [3.05, 3.63) is 104 Å². The number of hydrogen-bond acceptors (Lipinski definition) is 7. The number of thiazole rings is 1. The van der Waals surface area contributed by atoms with Crippen LogP contribution in [0.4, 0.5) is 34.6 Å². The number of benzene rings is 3. The molecule has 6 rings (SSSR count). The van der Waals surface area contributed by atoms with E-state index in [2.05, 4.69) is 5.32 Å². The number of rotatable bonds is 6. The zero-order valence-corrected chi connectivity index (χ0v) is 25.3. The van der Waals surface area contributed by atoms with Crippen LogP contribution in [0, 0.1) is 11.7 Å². The number of anilines is 3. The van der Waals surface area contributed by atoms with Crippen LogP contribution in [0.5, 0.6) is 0 Å². The second-order valence-electron chi connectivity index (χ2n) is 10.8. The van der Waals surface area contributed by atoms with Gasteiger partial charge in [0.15, 0.2) is 0 Å². The number of alkyl halides is 3. The Balaban J connectivity index is 1.38. The minimum absolute atomic E-state index is 0.0925. The lowest BCUT2D eigenvalue weighted by molar-refractivity contribution is -0.137. The Morgan fingerprint density at radius 2 is 1.64 bits per heavy atom. The summed E-state index contributed by atoms with van der Waals surface area (Å²) in [6, 6.07) is 16.5. The number of thioether (sulfide) groups is 1. The predicted molar refractivity (Wildman–Crippen MR) is 163 cm³/mol. The Hall–Kier alpha value is -4.43. The highest BCUT2D eigenvalue weighted by molar-refractivity contribution is 8.00. The van der Waals surface area contributed by atoms with Crippen molar-refractivity contribution in [3.8, 4) is 0 Å². The first-order valence-corrected chi connectivity index (χ1v) is 15.3. The summed E-state index contributed by atoms with van der Waals surface area (Å²) < 4.78 is 54.4. The lowest BCUT2D eigenvalue weighted by Crippen LogP contribution is -2.33. The molecule has 45 heavy (non-hydrogen) atoms. The molecule has 0 aliphatic carbocycles. The topological polar surface area (TPSA) is 91.7 Å². The van der Waals surface area contributed by atoms with Crippen molar-refractivity contribution in [1.29, 1.82) is 0 Å². The van der Waals surface area contributed by atoms with E-state index in [1.54, 1.807) is 0 Å². The molecule has 3 heterocycles.